The fraction of sp³-hybridized carbons (Fsp3) is 0.417. The van der Waals surface area contributed by atoms with Crippen molar-refractivity contribution in [2.75, 3.05) is 12.3 Å². The van der Waals surface area contributed by atoms with Crippen LogP contribution in [0.1, 0.15) is 30.6 Å². The molecule has 1 unspecified atom stereocenters. The van der Waals surface area contributed by atoms with Gasteiger partial charge in [0.15, 0.2) is 0 Å². The van der Waals surface area contributed by atoms with Crippen molar-refractivity contribution >= 4 is 11.6 Å². The second-order valence-corrected chi connectivity index (χ2v) is 4.00. The predicted molar refractivity (Wildman–Crippen MR) is 62.6 cm³/mol. The lowest BCUT2D eigenvalue weighted by atomic mass is 10.1. The average molecular weight is 224 g/mol. The van der Waals surface area contributed by atoms with E-state index in [-0.39, 0.29) is 17.2 Å². The Labute approximate surface area is 94.8 Å². The van der Waals surface area contributed by atoms with Crippen LogP contribution in [0.2, 0.25) is 0 Å². The van der Waals surface area contributed by atoms with Gasteiger partial charge in [-0.2, -0.15) is 0 Å². The Morgan fingerprint density at radius 2 is 2.19 bits per heavy atom. The van der Waals surface area contributed by atoms with Crippen LogP contribution >= 0.6 is 0 Å². The van der Waals surface area contributed by atoms with Gasteiger partial charge < -0.3 is 11.1 Å². The van der Waals surface area contributed by atoms with Gasteiger partial charge in [-0.15, -0.1) is 0 Å². The molecule has 1 aromatic rings. The Hall–Kier alpha value is -1.58. The summed E-state index contributed by atoms with van der Waals surface area (Å²) in [6.45, 7) is 4.68. The van der Waals surface area contributed by atoms with Gasteiger partial charge in [0.25, 0.3) is 5.91 Å². The number of hydrogen-bond donors (Lipinski definition) is 2. The zero-order valence-electron chi connectivity index (χ0n) is 9.59. The molecule has 3 nitrogen and oxygen atoms in total. The van der Waals surface area contributed by atoms with E-state index < -0.39 is 5.82 Å². The first-order valence-electron chi connectivity index (χ1n) is 5.37. The first kappa shape index (κ1) is 12.5. The summed E-state index contributed by atoms with van der Waals surface area (Å²) in [4.78, 5) is 11.6. The van der Waals surface area contributed by atoms with E-state index in [0.717, 1.165) is 6.42 Å². The lowest BCUT2D eigenvalue weighted by molar-refractivity contribution is 0.0947. The number of hydrogen-bond acceptors (Lipinski definition) is 2. The van der Waals surface area contributed by atoms with Gasteiger partial charge in [0.1, 0.15) is 5.82 Å². The van der Waals surface area contributed by atoms with Crippen LogP contribution in [0.25, 0.3) is 0 Å². The summed E-state index contributed by atoms with van der Waals surface area (Å²) in [5.74, 6) is -0.366. The largest absolute Gasteiger partial charge is 0.399 e. The van der Waals surface area contributed by atoms with Gasteiger partial charge in [0.2, 0.25) is 0 Å². The number of amides is 1. The third kappa shape index (κ3) is 3.53. The predicted octanol–water partition coefficient (Wildman–Crippen LogP) is 2.18. The highest BCUT2D eigenvalue weighted by Crippen LogP contribution is 2.10. The van der Waals surface area contributed by atoms with E-state index in [1.54, 1.807) is 0 Å². The molecule has 0 saturated heterocycles. The first-order valence-corrected chi connectivity index (χ1v) is 5.37. The topological polar surface area (TPSA) is 55.1 Å². The minimum atomic E-state index is -0.492. The van der Waals surface area contributed by atoms with Crippen LogP contribution in [0.15, 0.2) is 18.2 Å². The van der Waals surface area contributed by atoms with E-state index in [1.165, 1.54) is 18.2 Å². The molecule has 0 heterocycles. The standard InChI is InChI=1S/C12H17FN2O/c1-3-8(2)7-15-12(16)9-4-10(13)6-11(14)5-9/h4-6,8H,3,7,14H2,1-2H3,(H,15,16). The van der Waals surface area contributed by atoms with Crippen molar-refractivity contribution in [3.05, 3.63) is 29.6 Å². The summed E-state index contributed by atoms with van der Waals surface area (Å²) >= 11 is 0. The molecule has 88 valence electrons. The van der Waals surface area contributed by atoms with E-state index in [2.05, 4.69) is 12.2 Å². The maximum absolute atomic E-state index is 13.0. The van der Waals surface area contributed by atoms with Crippen molar-refractivity contribution < 1.29 is 9.18 Å². The molecule has 0 aliphatic rings. The third-order valence-corrected chi connectivity index (χ3v) is 2.49. The Balaban J connectivity index is 2.66. The second kappa shape index (κ2) is 5.49. The van der Waals surface area contributed by atoms with Gasteiger partial charge in [-0.25, -0.2) is 4.39 Å². The molecule has 0 spiro atoms. The van der Waals surface area contributed by atoms with Crippen molar-refractivity contribution in [3.63, 3.8) is 0 Å². The van der Waals surface area contributed by atoms with Gasteiger partial charge in [-0.1, -0.05) is 20.3 Å². The van der Waals surface area contributed by atoms with Crippen molar-refractivity contribution in [1.82, 2.24) is 5.32 Å². The number of rotatable bonds is 4. The van der Waals surface area contributed by atoms with Crippen LogP contribution < -0.4 is 11.1 Å². The molecule has 4 heteroatoms. The Morgan fingerprint density at radius 3 is 2.75 bits per heavy atom. The molecule has 3 N–H and O–H groups in total. The highest BCUT2D eigenvalue weighted by molar-refractivity contribution is 5.95. The van der Waals surface area contributed by atoms with Crippen molar-refractivity contribution in [1.29, 1.82) is 0 Å². The summed E-state index contributed by atoms with van der Waals surface area (Å²) < 4.78 is 13.0. The molecule has 1 atom stereocenters. The number of anilines is 1. The molecule has 0 radical (unpaired) electrons. The number of nitrogens with two attached hydrogens (primary N) is 1. The zero-order valence-corrected chi connectivity index (χ0v) is 9.59. The van der Waals surface area contributed by atoms with Crippen LogP contribution in [0.3, 0.4) is 0 Å². The Kier molecular flexibility index (Phi) is 4.28. The smallest absolute Gasteiger partial charge is 0.251 e. The second-order valence-electron chi connectivity index (χ2n) is 4.00. The maximum atomic E-state index is 13.0. The fourth-order valence-electron chi connectivity index (χ4n) is 1.26. The number of carbonyl (C=O) groups excluding carboxylic acids is 1. The number of benzene rings is 1. The minimum absolute atomic E-state index is 0.258. The number of halogens is 1. The average Bonchev–Trinajstić information content (AvgIpc) is 2.23. The lowest BCUT2D eigenvalue weighted by Gasteiger charge is -2.10. The van der Waals surface area contributed by atoms with Gasteiger partial charge >= 0.3 is 0 Å². The lowest BCUT2D eigenvalue weighted by Crippen LogP contribution is -2.28. The quantitative estimate of drug-likeness (QED) is 0.770. The summed E-state index contributed by atoms with van der Waals surface area (Å²) in [5, 5.41) is 2.74. The molecule has 1 rings (SSSR count). The van der Waals surface area contributed by atoms with Crippen molar-refractivity contribution in [2.45, 2.75) is 20.3 Å². The Bertz CT molecular complexity index is 359. The van der Waals surface area contributed by atoms with Crippen LogP contribution in [-0.2, 0) is 0 Å². The normalized spacial score (nSPS) is 12.2. The molecule has 0 aromatic heterocycles. The Morgan fingerprint density at radius 1 is 1.50 bits per heavy atom. The molecular weight excluding hydrogens is 207 g/mol. The third-order valence-electron chi connectivity index (χ3n) is 2.49. The molecule has 1 amide bonds. The van der Waals surface area contributed by atoms with Gasteiger partial charge in [0.05, 0.1) is 0 Å². The van der Waals surface area contributed by atoms with Gasteiger partial charge in [-0.05, 0) is 24.1 Å². The van der Waals surface area contributed by atoms with Gasteiger partial charge in [-0.3, -0.25) is 4.79 Å². The highest BCUT2D eigenvalue weighted by Gasteiger charge is 2.08. The molecule has 16 heavy (non-hydrogen) atoms. The van der Waals surface area contributed by atoms with Crippen LogP contribution in [0.5, 0.6) is 0 Å². The van der Waals surface area contributed by atoms with E-state index in [4.69, 9.17) is 5.73 Å². The molecule has 0 bridgehead atoms. The molecular formula is C12H17FN2O. The molecule has 0 saturated carbocycles. The number of nitrogens with one attached hydrogen (secondary N) is 1. The maximum Gasteiger partial charge on any atom is 0.251 e. The molecule has 1 aromatic carbocycles. The van der Waals surface area contributed by atoms with Crippen LogP contribution in [0, 0.1) is 11.7 Å². The molecule has 0 fully saturated rings. The van der Waals surface area contributed by atoms with E-state index >= 15 is 0 Å². The highest BCUT2D eigenvalue weighted by atomic mass is 19.1. The van der Waals surface area contributed by atoms with E-state index in [0.29, 0.717) is 12.5 Å². The van der Waals surface area contributed by atoms with Gasteiger partial charge in [0, 0.05) is 17.8 Å². The van der Waals surface area contributed by atoms with Crippen LogP contribution in [0.4, 0.5) is 10.1 Å². The number of nitrogen functional groups attached to an aromatic ring is 1. The fourth-order valence-corrected chi connectivity index (χ4v) is 1.26. The zero-order chi connectivity index (χ0) is 12.1. The molecule has 0 aliphatic carbocycles. The van der Waals surface area contributed by atoms with Crippen molar-refractivity contribution in [3.8, 4) is 0 Å². The number of carbonyl (C=O) groups is 1. The minimum Gasteiger partial charge on any atom is -0.399 e. The summed E-state index contributed by atoms with van der Waals surface area (Å²) in [6.07, 6.45) is 0.992. The SMILES string of the molecule is CCC(C)CNC(=O)c1cc(N)cc(F)c1. The summed E-state index contributed by atoms with van der Waals surface area (Å²) in [6, 6.07) is 3.84. The summed E-state index contributed by atoms with van der Waals surface area (Å²) in [5.41, 5.74) is 5.98. The molecule has 0 aliphatic heterocycles. The first-order chi connectivity index (χ1) is 7.52. The summed E-state index contributed by atoms with van der Waals surface area (Å²) in [7, 11) is 0. The monoisotopic (exact) mass is 224 g/mol. The van der Waals surface area contributed by atoms with Crippen molar-refractivity contribution in [2.24, 2.45) is 5.92 Å². The van der Waals surface area contributed by atoms with E-state index in [1.807, 2.05) is 6.92 Å². The van der Waals surface area contributed by atoms with Crippen LogP contribution in [-0.4, -0.2) is 12.5 Å². The van der Waals surface area contributed by atoms with E-state index in [9.17, 15) is 9.18 Å².